The number of nitrogens with one attached hydrogen (secondary N) is 2. The molecule has 9 heteroatoms. The van der Waals surface area contributed by atoms with Crippen LogP contribution < -0.4 is 16.4 Å². The van der Waals surface area contributed by atoms with Gasteiger partial charge in [-0.25, -0.2) is 4.79 Å². The van der Waals surface area contributed by atoms with Crippen molar-refractivity contribution >= 4 is 23.7 Å². The molecule has 3 amide bonds. The van der Waals surface area contributed by atoms with Gasteiger partial charge in [-0.15, -0.1) is 0 Å². The lowest BCUT2D eigenvalue weighted by molar-refractivity contribution is -0.145. The standard InChI is InChI=1S/C29H38N4O5/c1-19(2)16-24(29(37)38)32-27(35)25-14-9-15-33(25)28(36)23(18-21-12-7-4-8-13-21)31-26(34)22(30)17-20-10-5-3-6-11-20/h3-8,10-13,19,22-25H,9,14-18,30H2,1-2H3,(H,31,34)(H,32,35)(H,37,38). The number of nitrogens with two attached hydrogens (primary N) is 1. The van der Waals surface area contributed by atoms with Crippen LogP contribution in [0.5, 0.6) is 0 Å². The Balaban J connectivity index is 1.75. The Labute approximate surface area is 223 Å². The molecule has 5 N–H and O–H groups in total. The molecular weight excluding hydrogens is 484 g/mol. The van der Waals surface area contributed by atoms with Crippen molar-refractivity contribution in [3.8, 4) is 0 Å². The van der Waals surface area contributed by atoms with Gasteiger partial charge in [-0.3, -0.25) is 14.4 Å². The zero-order chi connectivity index (χ0) is 27.7. The summed E-state index contributed by atoms with van der Waals surface area (Å²) in [7, 11) is 0. The Hall–Kier alpha value is -3.72. The fourth-order valence-corrected chi connectivity index (χ4v) is 4.75. The summed E-state index contributed by atoms with van der Waals surface area (Å²) in [4.78, 5) is 53.0. The first-order valence-electron chi connectivity index (χ1n) is 13.1. The van der Waals surface area contributed by atoms with Gasteiger partial charge in [0, 0.05) is 13.0 Å². The van der Waals surface area contributed by atoms with Crippen molar-refractivity contribution in [1.29, 1.82) is 0 Å². The molecule has 1 fully saturated rings. The Bertz CT molecular complexity index is 1090. The number of benzene rings is 2. The Morgan fingerprint density at radius 2 is 1.50 bits per heavy atom. The zero-order valence-electron chi connectivity index (χ0n) is 22.0. The third-order valence-electron chi connectivity index (χ3n) is 6.69. The third-order valence-corrected chi connectivity index (χ3v) is 6.69. The lowest BCUT2D eigenvalue weighted by atomic mass is 10.0. The van der Waals surface area contributed by atoms with Crippen LogP contribution in [0, 0.1) is 5.92 Å². The number of hydrogen-bond acceptors (Lipinski definition) is 5. The maximum absolute atomic E-state index is 13.8. The number of nitrogens with zero attached hydrogens (tertiary/aromatic N) is 1. The van der Waals surface area contributed by atoms with Crippen molar-refractivity contribution in [1.82, 2.24) is 15.5 Å². The minimum atomic E-state index is -1.11. The van der Waals surface area contributed by atoms with Gasteiger partial charge in [-0.05, 0) is 42.7 Å². The minimum absolute atomic E-state index is 0.0725. The number of amides is 3. The summed E-state index contributed by atoms with van der Waals surface area (Å²) < 4.78 is 0. The maximum atomic E-state index is 13.8. The SMILES string of the molecule is CC(C)CC(NC(=O)C1CCCN1C(=O)C(Cc1ccccc1)NC(=O)C(N)Cc1ccccc1)C(=O)O. The highest BCUT2D eigenvalue weighted by Gasteiger charge is 2.39. The lowest BCUT2D eigenvalue weighted by Gasteiger charge is -2.30. The molecule has 4 unspecified atom stereocenters. The number of carboxylic acid groups (broad SMARTS) is 1. The van der Waals surface area contributed by atoms with Crippen LogP contribution >= 0.6 is 0 Å². The molecule has 1 aliphatic rings. The van der Waals surface area contributed by atoms with Crippen LogP contribution in [-0.4, -0.2) is 64.4 Å². The fraction of sp³-hybridized carbons (Fsp3) is 0.448. The Morgan fingerprint density at radius 3 is 2.05 bits per heavy atom. The number of hydrogen-bond donors (Lipinski definition) is 4. The molecule has 0 aromatic heterocycles. The van der Waals surface area contributed by atoms with Crippen molar-refractivity contribution in [3.63, 3.8) is 0 Å². The van der Waals surface area contributed by atoms with E-state index < -0.39 is 42.0 Å². The summed E-state index contributed by atoms with van der Waals surface area (Å²) >= 11 is 0. The molecule has 0 saturated carbocycles. The van der Waals surface area contributed by atoms with Gasteiger partial charge in [0.1, 0.15) is 18.1 Å². The lowest BCUT2D eigenvalue weighted by Crippen LogP contribution is -2.57. The van der Waals surface area contributed by atoms with E-state index in [1.807, 2.05) is 74.5 Å². The van der Waals surface area contributed by atoms with Crippen LogP contribution in [0.25, 0.3) is 0 Å². The normalized spacial score (nSPS) is 17.5. The number of carbonyl (C=O) groups is 4. The van der Waals surface area contributed by atoms with E-state index in [0.29, 0.717) is 25.8 Å². The predicted octanol–water partition coefficient (Wildman–Crippen LogP) is 1.89. The van der Waals surface area contributed by atoms with Gasteiger partial charge in [0.15, 0.2) is 0 Å². The highest BCUT2D eigenvalue weighted by molar-refractivity contribution is 5.94. The highest BCUT2D eigenvalue weighted by atomic mass is 16.4. The van der Waals surface area contributed by atoms with E-state index in [-0.39, 0.29) is 24.7 Å². The van der Waals surface area contributed by atoms with E-state index in [2.05, 4.69) is 10.6 Å². The smallest absolute Gasteiger partial charge is 0.326 e. The van der Waals surface area contributed by atoms with Gasteiger partial charge in [-0.1, -0.05) is 74.5 Å². The summed E-state index contributed by atoms with van der Waals surface area (Å²) in [6, 6.07) is 15.1. The first-order valence-corrected chi connectivity index (χ1v) is 13.1. The van der Waals surface area contributed by atoms with E-state index in [9.17, 15) is 24.3 Å². The summed E-state index contributed by atoms with van der Waals surface area (Å²) in [6.07, 6.45) is 1.86. The van der Waals surface area contributed by atoms with Gasteiger partial charge in [0.2, 0.25) is 17.7 Å². The van der Waals surface area contributed by atoms with Crippen LogP contribution in [0.2, 0.25) is 0 Å². The minimum Gasteiger partial charge on any atom is -0.480 e. The molecule has 1 heterocycles. The zero-order valence-corrected chi connectivity index (χ0v) is 22.0. The second-order valence-electron chi connectivity index (χ2n) is 10.3. The molecule has 0 bridgehead atoms. The third kappa shape index (κ3) is 8.14. The Kier molecular flexibility index (Phi) is 10.4. The summed E-state index contributed by atoms with van der Waals surface area (Å²) in [5.41, 5.74) is 7.95. The largest absolute Gasteiger partial charge is 0.480 e. The van der Waals surface area contributed by atoms with Gasteiger partial charge in [0.05, 0.1) is 6.04 Å². The van der Waals surface area contributed by atoms with E-state index in [1.54, 1.807) is 0 Å². The average Bonchev–Trinajstić information content (AvgIpc) is 3.38. The van der Waals surface area contributed by atoms with Crippen molar-refractivity contribution in [2.24, 2.45) is 11.7 Å². The second-order valence-corrected chi connectivity index (χ2v) is 10.3. The molecule has 204 valence electrons. The van der Waals surface area contributed by atoms with Crippen molar-refractivity contribution in [2.75, 3.05) is 6.54 Å². The molecule has 1 saturated heterocycles. The average molecular weight is 523 g/mol. The molecule has 38 heavy (non-hydrogen) atoms. The molecule has 0 spiro atoms. The van der Waals surface area contributed by atoms with Crippen molar-refractivity contribution < 1.29 is 24.3 Å². The van der Waals surface area contributed by atoms with Gasteiger partial charge in [-0.2, -0.15) is 0 Å². The molecule has 4 atom stereocenters. The van der Waals surface area contributed by atoms with Crippen LogP contribution in [0.3, 0.4) is 0 Å². The summed E-state index contributed by atoms with van der Waals surface area (Å²) in [5, 5.41) is 15.0. The van der Waals surface area contributed by atoms with Gasteiger partial charge >= 0.3 is 5.97 Å². The molecule has 0 aliphatic carbocycles. The number of carboxylic acids is 1. The maximum Gasteiger partial charge on any atom is 0.326 e. The van der Waals surface area contributed by atoms with Crippen molar-refractivity contribution in [2.45, 2.75) is 70.1 Å². The number of carbonyl (C=O) groups excluding carboxylic acids is 3. The van der Waals surface area contributed by atoms with Crippen LogP contribution in [0.1, 0.15) is 44.2 Å². The first kappa shape index (κ1) is 28.8. The molecule has 3 rings (SSSR count). The molecule has 2 aromatic carbocycles. The number of aliphatic carboxylic acids is 1. The number of rotatable bonds is 12. The topological polar surface area (TPSA) is 142 Å². The van der Waals surface area contributed by atoms with Crippen molar-refractivity contribution in [3.05, 3.63) is 71.8 Å². The molecule has 2 aromatic rings. The molecule has 9 nitrogen and oxygen atoms in total. The van der Waals surface area contributed by atoms with Gasteiger partial charge in [0.25, 0.3) is 0 Å². The van der Waals surface area contributed by atoms with Crippen LogP contribution in [0.15, 0.2) is 60.7 Å². The predicted molar refractivity (Wildman–Crippen MR) is 144 cm³/mol. The van der Waals surface area contributed by atoms with E-state index in [0.717, 1.165) is 11.1 Å². The van der Waals surface area contributed by atoms with E-state index in [1.165, 1.54) is 4.90 Å². The summed E-state index contributed by atoms with van der Waals surface area (Å²) in [6.45, 7) is 4.11. The monoisotopic (exact) mass is 522 g/mol. The second kappa shape index (κ2) is 13.7. The van der Waals surface area contributed by atoms with E-state index in [4.69, 9.17) is 5.73 Å². The quantitative estimate of drug-likeness (QED) is 0.335. The summed E-state index contributed by atoms with van der Waals surface area (Å²) in [5.74, 6) is -2.36. The van der Waals surface area contributed by atoms with Crippen LogP contribution in [0.4, 0.5) is 0 Å². The molecule has 1 aliphatic heterocycles. The fourth-order valence-electron chi connectivity index (χ4n) is 4.75. The Morgan fingerprint density at radius 1 is 0.921 bits per heavy atom. The molecular formula is C29H38N4O5. The first-order chi connectivity index (χ1) is 18.2. The highest BCUT2D eigenvalue weighted by Crippen LogP contribution is 2.21. The van der Waals surface area contributed by atoms with Crippen LogP contribution in [-0.2, 0) is 32.0 Å². The van der Waals surface area contributed by atoms with Gasteiger partial charge < -0.3 is 26.4 Å². The van der Waals surface area contributed by atoms with E-state index >= 15 is 0 Å². The number of likely N-dealkylation sites (tertiary alicyclic amines) is 1. The molecule has 0 radical (unpaired) electrons.